The smallest absolute Gasteiger partial charge is 0.263 e. The number of methoxy groups -OCH3 is 2. The van der Waals surface area contributed by atoms with Gasteiger partial charge in [-0.1, -0.05) is 24.3 Å². The number of hydrogen-bond donors (Lipinski definition) is 3. The van der Waals surface area contributed by atoms with E-state index < -0.39 is 22.0 Å². The Balaban J connectivity index is 1.51. The first-order valence-electron chi connectivity index (χ1n) is 12.8. The summed E-state index contributed by atoms with van der Waals surface area (Å²) in [6.45, 7) is 1.91. The van der Waals surface area contributed by atoms with Crippen LogP contribution < -0.4 is 25.2 Å². The van der Waals surface area contributed by atoms with Crippen molar-refractivity contribution >= 4 is 44.3 Å². The first kappa shape index (κ1) is 28.1. The number of sulfonamides is 1. The van der Waals surface area contributed by atoms with Gasteiger partial charge in [0.25, 0.3) is 10.0 Å². The van der Waals surface area contributed by atoms with Gasteiger partial charge in [0.05, 0.1) is 43.4 Å². The highest BCUT2D eigenvalue weighted by atomic mass is 32.2. The third-order valence-corrected chi connectivity index (χ3v) is 7.92. The number of ether oxygens (including phenoxy) is 3. The third-order valence-electron chi connectivity index (χ3n) is 6.58. The van der Waals surface area contributed by atoms with Crippen LogP contribution in [0.4, 0.5) is 17.3 Å². The van der Waals surface area contributed by atoms with E-state index in [1.54, 1.807) is 48.5 Å². The summed E-state index contributed by atoms with van der Waals surface area (Å²) >= 11 is 0. The molecule has 0 bridgehead atoms. The molecule has 1 saturated heterocycles. The Bertz CT molecular complexity index is 1650. The molecule has 0 radical (unpaired) electrons. The second kappa shape index (κ2) is 12.0. The summed E-state index contributed by atoms with van der Waals surface area (Å²) in [7, 11) is -1.11. The molecule has 4 N–H and O–H groups in total. The number of carbonyl (C=O) groups excluding carboxylic acids is 1. The fourth-order valence-corrected chi connectivity index (χ4v) is 5.67. The number of fused-ring (bicyclic) bond motifs is 1. The largest absolute Gasteiger partial charge is 0.497 e. The van der Waals surface area contributed by atoms with Gasteiger partial charge in [0.15, 0.2) is 11.6 Å². The van der Waals surface area contributed by atoms with Gasteiger partial charge in [-0.05, 0) is 29.8 Å². The van der Waals surface area contributed by atoms with E-state index in [2.05, 4.69) is 20.0 Å². The minimum absolute atomic E-state index is 0.0180. The van der Waals surface area contributed by atoms with Crippen LogP contribution in [0.25, 0.3) is 11.0 Å². The molecule has 1 fully saturated rings. The molecule has 1 aliphatic rings. The highest BCUT2D eigenvalue weighted by Gasteiger charge is 2.29. The molecule has 1 atom stereocenters. The van der Waals surface area contributed by atoms with Crippen molar-refractivity contribution in [2.45, 2.75) is 10.9 Å². The lowest BCUT2D eigenvalue weighted by Crippen LogP contribution is -2.44. The Kier molecular flexibility index (Phi) is 8.19. The van der Waals surface area contributed by atoms with Crippen molar-refractivity contribution in [2.75, 3.05) is 50.6 Å². The lowest BCUT2D eigenvalue weighted by atomic mass is 10.0. The number of primary amides is 1. The standard InChI is InChI=1S/C28H30N6O6S/c1-38-20-15-19(16-21(17-20)39-2)30-27-28(32-24-9-4-3-8-23(24)31-27)33-41(36,37)22-7-5-6-18(14-22)25(26(29)35)34-10-12-40-13-11-34/h3-9,14-17,25H,10-13H2,1-2H3,(H2,29,35)(H,30,31)(H,32,33). The molecule has 0 saturated carbocycles. The first-order valence-corrected chi connectivity index (χ1v) is 14.3. The number of anilines is 3. The van der Waals surface area contributed by atoms with Crippen molar-refractivity contribution in [1.82, 2.24) is 14.9 Å². The van der Waals surface area contributed by atoms with Gasteiger partial charge in [-0.2, -0.15) is 0 Å². The Labute approximate surface area is 237 Å². The number of morpholine rings is 1. The fraction of sp³-hybridized carbons (Fsp3) is 0.250. The van der Waals surface area contributed by atoms with Gasteiger partial charge in [0.2, 0.25) is 5.91 Å². The second-order valence-electron chi connectivity index (χ2n) is 9.27. The van der Waals surface area contributed by atoms with E-state index in [1.165, 1.54) is 26.4 Å². The van der Waals surface area contributed by atoms with Gasteiger partial charge >= 0.3 is 0 Å². The molecule has 1 amide bonds. The molecule has 1 aromatic heterocycles. The van der Waals surface area contributed by atoms with Gasteiger partial charge in [0, 0.05) is 37.0 Å². The molecular weight excluding hydrogens is 548 g/mol. The van der Waals surface area contributed by atoms with Gasteiger partial charge in [-0.15, -0.1) is 0 Å². The van der Waals surface area contributed by atoms with E-state index in [0.29, 0.717) is 60.1 Å². The van der Waals surface area contributed by atoms with Crippen molar-refractivity contribution in [3.63, 3.8) is 0 Å². The highest BCUT2D eigenvalue weighted by Crippen LogP contribution is 2.32. The van der Waals surface area contributed by atoms with Crippen LogP contribution in [-0.4, -0.2) is 69.7 Å². The van der Waals surface area contributed by atoms with E-state index in [9.17, 15) is 13.2 Å². The normalized spacial score (nSPS) is 14.8. The third kappa shape index (κ3) is 6.32. The van der Waals surface area contributed by atoms with Crippen molar-refractivity contribution in [1.29, 1.82) is 0 Å². The van der Waals surface area contributed by atoms with Crippen molar-refractivity contribution in [2.24, 2.45) is 5.73 Å². The molecule has 3 aromatic carbocycles. The number of carbonyl (C=O) groups is 1. The Morgan fingerprint density at radius 2 is 1.56 bits per heavy atom. The summed E-state index contributed by atoms with van der Waals surface area (Å²) in [4.78, 5) is 23.4. The van der Waals surface area contributed by atoms with Crippen molar-refractivity contribution < 1.29 is 27.4 Å². The lowest BCUT2D eigenvalue weighted by Gasteiger charge is -2.32. The molecule has 4 aromatic rings. The number of hydrogen-bond acceptors (Lipinski definition) is 10. The average Bonchev–Trinajstić information content (AvgIpc) is 2.97. The van der Waals surface area contributed by atoms with Crippen molar-refractivity contribution in [3.8, 4) is 11.5 Å². The molecule has 41 heavy (non-hydrogen) atoms. The number of amides is 1. The topological polar surface area (TPSA) is 158 Å². The Morgan fingerprint density at radius 3 is 2.17 bits per heavy atom. The zero-order valence-electron chi connectivity index (χ0n) is 22.5. The molecule has 1 unspecified atom stereocenters. The van der Waals surface area contributed by atoms with Gasteiger partial charge in [0.1, 0.15) is 17.5 Å². The SMILES string of the molecule is COc1cc(Nc2nc3ccccc3nc2NS(=O)(=O)c2cccc(C(C(N)=O)N3CCOCC3)c2)cc(OC)c1. The van der Waals surface area contributed by atoms with Crippen LogP contribution in [-0.2, 0) is 19.6 Å². The van der Waals surface area contributed by atoms with Crippen LogP contribution in [0.2, 0.25) is 0 Å². The number of nitrogens with one attached hydrogen (secondary N) is 2. The fourth-order valence-electron chi connectivity index (χ4n) is 4.60. The number of aromatic nitrogens is 2. The number of para-hydroxylation sites is 2. The van der Waals surface area contributed by atoms with E-state index in [4.69, 9.17) is 19.9 Å². The summed E-state index contributed by atoms with van der Waals surface area (Å²) < 4.78 is 46.0. The van der Waals surface area contributed by atoms with Crippen LogP contribution in [0.1, 0.15) is 11.6 Å². The van der Waals surface area contributed by atoms with Gasteiger partial charge < -0.3 is 25.3 Å². The summed E-state index contributed by atoms with van der Waals surface area (Å²) in [6, 6.07) is 17.6. The number of nitrogens with two attached hydrogens (primary N) is 1. The first-order chi connectivity index (χ1) is 19.8. The molecule has 5 rings (SSSR count). The van der Waals surface area contributed by atoms with Gasteiger partial charge in [-0.3, -0.25) is 14.4 Å². The predicted molar refractivity (Wildman–Crippen MR) is 154 cm³/mol. The monoisotopic (exact) mass is 578 g/mol. The van der Waals surface area contributed by atoms with Gasteiger partial charge in [-0.25, -0.2) is 18.4 Å². The Morgan fingerprint density at radius 1 is 0.927 bits per heavy atom. The maximum absolute atomic E-state index is 13.7. The summed E-state index contributed by atoms with van der Waals surface area (Å²) in [6.07, 6.45) is 0. The van der Waals surface area contributed by atoms with Crippen molar-refractivity contribution in [3.05, 3.63) is 72.3 Å². The highest BCUT2D eigenvalue weighted by molar-refractivity contribution is 7.92. The van der Waals surface area contributed by atoms with E-state index in [-0.39, 0.29) is 16.5 Å². The van der Waals surface area contributed by atoms with Crippen LogP contribution in [0, 0.1) is 0 Å². The van der Waals surface area contributed by atoms with Crippen LogP contribution in [0.15, 0.2) is 71.6 Å². The molecule has 12 nitrogen and oxygen atoms in total. The maximum Gasteiger partial charge on any atom is 0.263 e. The quantitative estimate of drug-likeness (QED) is 0.255. The summed E-state index contributed by atoms with van der Waals surface area (Å²) in [5.41, 5.74) is 7.80. The molecular formula is C28H30N6O6S. The zero-order valence-corrected chi connectivity index (χ0v) is 23.3. The molecule has 0 spiro atoms. The van der Waals surface area contributed by atoms with E-state index >= 15 is 0 Å². The van der Waals surface area contributed by atoms with Crippen LogP contribution in [0.3, 0.4) is 0 Å². The predicted octanol–water partition coefficient (Wildman–Crippen LogP) is 3.05. The Hall–Kier alpha value is -4.46. The van der Waals surface area contributed by atoms with Crippen LogP contribution in [0.5, 0.6) is 11.5 Å². The molecule has 2 heterocycles. The molecule has 214 valence electrons. The number of benzene rings is 3. The number of rotatable bonds is 10. The molecule has 0 aliphatic carbocycles. The van der Waals surface area contributed by atoms with E-state index in [0.717, 1.165) is 0 Å². The molecule has 13 heteroatoms. The molecule has 1 aliphatic heterocycles. The zero-order chi connectivity index (χ0) is 29.0. The summed E-state index contributed by atoms with van der Waals surface area (Å²) in [5.74, 6) is 0.639. The van der Waals surface area contributed by atoms with Crippen LogP contribution >= 0.6 is 0 Å². The number of nitrogens with zero attached hydrogens (tertiary/aromatic N) is 3. The average molecular weight is 579 g/mol. The second-order valence-corrected chi connectivity index (χ2v) is 10.9. The lowest BCUT2D eigenvalue weighted by molar-refractivity contribution is -0.125. The minimum atomic E-state index is -4.17. The minimum Gasteiger partial charge on any atom is -0.497 e. The maximum atomic E-state index is 13.7. The summed E-state index contributed by atoms with van der Waals surface area (Å²) in [5, 5.41) is 3.14. The van der Waals surface area contributed by atoms with E-state index in [1.807, 2.05) is 11.0 Å².